The van der Waals surface area contributed by atoms with Crippen LogP contribution < -0.4 is 10.1 Å². The van der Waals surface area contributed by atoms with E-state index in [2.05, 4.69) is 20.3 Å². The summed E-state index contributed by atoms with van der Waals surface area (Å²) in [6.45, 7) is 3.42. The molecule has 0 bridgehead atoms. The Morgan fingerprint density at radius 1 is 1.21 bits per heavy atom. The lowest BCUT2D eigenvalue weighted by molar-refractivity contribution is -0.148. The van der Waals surface area contributed by atoms with Gasteiger partial charge in [0.25, 0.3) is 5.91 Å². The lowest BCUT2D eigenvalue weighted by atomic mass is 10.1. The molecule has 0 radical (unpaired) electrons. The maximum Gasteiger partial charge on any atom is 0.340 e. The van der Waals surface area contributed by atoms with E-state index in [-0.39, 0.29) is 29.7 Å². The quantitative estimate of drug-likeness (QED) is 0.534. The molecule has 0 spiro atoms. The number of nitrogens with one attached hydrogen (secondary N) is 1. The van der Waals surface area contributed by atoms with Crippen molar-refractivity contribution in [2.24, 2.45) is 5.92 Å². The number of hydrogen-bond acceptors (Lipinski definition) is 6. The average Bonchev–Trinajstić information content (AvgIpc) is 3.57. The van der Waals surface area contributed by atoms with Gasteiger partial charge in [0.15, 0.2) is 6.61 Å². The summed E-state index contributed by atoms with van der Waals surface area (Å²) in [5.41, 5.74) is 1.56. The second-order valence-corrected chi connectivity index (χ2v) is 8.16. The van der Waals surface area contributed by atoms with E-state index in [0.29, 0.717) is 22.6 Å². The van der Waals surface area contributed by atoms with E-state index in [1.54, 1.807) is 19.9 Å². The van der Waals surface area contributed by atoms with E-state index in [9.17, 15) is 27.2 Å². The van der Waals surface area contributed by atoms with E-state index >= 15 is 0 Å². The first-order valence-electron chi connectivity index (χ1n) is 10.4. The van der Waals surface area contributed by atoms with Gasteiger partial charge in [-0.2, -0.15) is 8.78 Å². The van der Waals surface area contributed by atoms with Gasteiger partial charge in [-0.15, -0.1) is 0 Å². The number of nitrogens with zero attached hydrogens (tertiary/aromatic N) is 3. The first kappa shape index (κ1) is 24.5. The molecule has 0 aromatic carbocycles. The van der Waals surface area contributed by atoms with E-state index in [1.165, 1.54) is 19.2 Å². The number of hydrogen-bond donors (Lipinski definition) is 1. The number of carbonyl (C=O) groups is 2. The zero-order valence-electron chi connectivity index (χ0n) is 18.4. The van der Waals surface area contributed by atoms with Crippen LogP contribution in [0.1, 0.15) is 58.9 Å². The number of Topliss-reactive ketones (excluding diaryl/α,β-unsaturated/α-hetero) is 1. The third-order valence-electron chi connectivity index (χ3n) is 5.12. The summed E-state index contributed by atoms with van der Waals surface area (Å²) in [6.07, 6.45) is -0.705. The number of amides is 1. The Labute approximate surface area is 188 Å². The molecular weight excluding hydrogens is 444 g/mol. The third kappa shape index (κ3) is 6.45. The van der Waals surface area contributed by atoms with Gasteiger partial charge in [0.05, 0.1) is 12.5 Å². The van der Waals surface area contributed by atoms with Crippen molar-refractivity contribution >= 4 is 11.7 Å². The van der Waals surface area contributed by atoms with Crippen molar-refractivity contribution in [3.63, 3.8) is 0 Å². The first-order valence-corrected chi connectivity index (χ1v) is 10.4. The fourth-order valence-electron chi connectivity index (χ4n) is 3.08. The highest BCUT2D eigenvalue weighted by Crippen LogP contribution is 2.30. The molecule has 2 aromatic rings. The fraction of sp³-hybridized carbons (Fsp3) is 0.500. The molecule has 0 aliphatic heterocycles. The van der Waals surface area contributed by atoms with E-state index in [0.717, 1.165) is 12.8 Å². The summed E-state index contributed by atoms with van der Waals surface area (Å²) in [4.78, 5) is 37.1. The van der Waals surface area contributed by atoms with Crippen LogP contribution in [0, 0.1) is 19.8 Å². The van der Waals surface area contributed by atoms with Crippen LogP contribution in [0.25, 0.3) is 0 Å². The van der Waals surface area contributed by atoms with Crippen LogP contribution in [0.4, 0.5) is 17.6 Å². The molecule has 178 valence electrons. The van der Waals surface area contributed by atoms with Crippen LogP contribution in [0.2, 0.25) is 0 Å². The van der Waals surface area contributed by atoms with Gasteiger partial charge in [-0.25, -0.2) is 23.7 Å². The highest BCUT2D eigenvalue weighted by molar-refractivity contribution is 5.92. The number of pyridine rings is 1. The zero-order valence-corrected chi connectivity index (χ0v) is 18.4. The maximum absolute atomic E-state index is 13.1. The number of ether oxygens (including phenoxy) is 1. The lowest BCUT2D eigenvalue weighted by Gasteiger charge is -2.18. The van der Waals surface area contributed by atoms with Crippen molar-refractivity contribution in [2.75, 3.05) is 6.61 Å². The van der Waals surface area contributed by atoms with Gasteiger partial charge in [-0.1, -0.05) is 0 Å². The Hall–Kier alpha value is -3.11. The van der Waals surface area contributed by atoms with Crippen LogP contribution in [0.5, 0.6) is 5.88 Å². The number of carbonyl (C=O) groups excluding carboxylic acids is 2. The Bertz CT molecular complexity index is 1040. The topological polar surface area (TPSA) is 94.1 Å². The molecule has 11 heteroatoms. The van der Waals surface area contributed by atoms with Gasteiger partial charge in [0, 0.05) is 23.4 Å². The highest BCUT2D eigenvalue weighted by Gasteiger charge is 2.42. The predicted molar refractivity (Wildman–Crippen MR) is 110 cm³/mol. The molecule has 1 unspecified atom stereocenters. The average molecular weight is 468 g/mol. The minimum Gasteiger partial charge on any atom is -0.471 e. The molecular formula is C22H24F4N4O3. The molecule has 3 rings (SSSR count). The number of halogens is 4. The van der Waals surface area contributed by atoms with Crippen molar-refractivity contribution in [2.45, 2.75) is 58.4 Å². The standard InChI is InChI=1S/C22H24F4N4O3/c1-11-6-15(9-27-20(11)33-10-22(25,26)21(23)24)13(3)29-19(32)16-7-12(2)28-18(30-16)8-17(31)14-4-5-14/h6-7,9,13-14,21H,4-5,8,10H2,1-3H3,(H,29,32). The fourth-order valence-corrected chi connectivity index (χ4v) is 3.08. The maximum atomic E-state index is 13.1. The first-order chi connectivity index (χ1) is 15.5. The molecule has 1 aliphatic carbocycles. The number of ketones is 1. The normalized spacial score (nSPS) is 14.8. The smallest absolute Gasteiger partial charge is 0.340 e. The molecule has 1 fully saturated rings. The van der Waals surface area contributed by atoms with E-state index in [4.69, 9.17) is 4.74 Å². The molecule has 2 heterocycles. The van der Waals surface area contributed by atoms with Gasteiger partial charge in [0.1, 0.15) is 17.3 Å². The summed E-state index contributed by atoms with van der Waals surface area (Å²) in [7, 11) is 0. The highest BCUT2D eigenvalue weighted by atomic mass is 19.3. The second kappa shape index (κ2) is 9.80. The third-order valence-corrected chi connectivity index (χ3v) is 5.12. The largest absolute Gasteiger partial charge is 0.471 e. The molecule has 1 amide bonds. The summed E-state index contributed by atoms with van der Waals surface area (Å²) < 4.78 is 55.4. The summed E-state index contributed by atoms with van der Waals surface area (Å²) in [6, 6.07) is 2.53. The van der Waals surface area contributed by atoms with Gasteiger partial charge < -0.3 is 10.1 Å². The predicted octanol–water partition coefficient (Wildman–Crippen LogP) is 3.78. The van der Waals surface area contributed by atoms with Crippen molar-refractivity contribution in [1.29, 1.82) is 0 Å². The molecule has 0 saturated heterocycles. The van der Waals surface area contributed by atoms with E-state index in [1.807, 2.05) is 0 Å². The monoisotopic (exact) mass is 468 g/mol. The molecule has 7 nitrogen and oxygen atoms in total. The molecule has 1 N–H and O–H groups in total. The Balaban J connectivity index is 1.65. The van der Waals surface area contributed by atoms with Crippen LogP contribution in [-0.4, -0.2) is 45.6 Å². The van der Waals surface area contributed by atoms with Gasteiger partial charge in [-0.3, -0.25) is 9.59 Å². The SMILES string of the molecule is Cc1cc(C(=O)NC(C)c2cnc(OCC(F)(F)C(F)F)c(C)c2)nc(CC(=O)C2CC2)n1. The summed E-state index contributed by atoms with van der Waals surface area (Å²) in [5.74, 6) is -4.54. The van der Waals surface area contributed by atoms with Crippen LogP contribution in [0.15, 0.2) is 18.3 Å². The van der Waals surface area contributed by atoms with Crippen molar-refractivity contribution < 1.29 is 31.9 Å². The molecule has 1 saturated carbocycles. The zero-order chi connectivity index (χ0) is 24.3. The molecule has 33 heavy (non-hydrogen) atoms. The Kier molecular flexibility index (Phi) is 7.28. The number of rotatable bonds is 10. The Morgan fingerprint density at radius 2 is 1.91 bits per heavy atom. The number of aromatic nitrogens is 3. The van der Waals surface area contributed by atoms with Gasteiger partial charge >= 0.3 is 12.3 Å². The summed E-state index contributed by atoms with van der Waals surface area (Å²) >= 11 is 0. The molecule has 1 atom stereocenters. The van der Waals surface area contributed by atoms with Crippen LogP contribution in [-0.2, 0) is 11.2 Å². The lowest BCUT2D eigenvalue weighted by Crippen LogP contribution is -2.34. The number of alkyl halides is 4. The minimum absolute atomic E-state index is 0.0653. The van der Waals surface area contributed by atoms with Gasteiger partial charge in [0.2, 0.25) is 5.88 Å². The molecule has 2 aromatic heterocycles. The van der Waals surface area contributed by atoms with Crippen molar-refractivity contribution in [1.82, 2.24) is 20.3 Å². The van der Waals surface area contributed by atoms with E-state index < -0.39 is 30.9 Å². The summed E-state index contributed by atoms with van der Waals surface area (Å²) in [5, 5.41) is 2.76. The van der Waals surface area contributed by atoms with Crippen LogP contribution in [0.3, 0.4) is 0 Å². The minimum atomic E-state index is -4.29. The van der Waals surface area contributed by atoms with Crippen molar-refractivity contribution in [3.05, 3.63) is 46.7 Å². The molecule has 1 aliphatic rings. The second-order valence-electron chi connectivity index (χ2n) is 8.16. The van der Waals surface area contributed by atoms with Gasteiger partial charge in [-0.05, 0) is 51.3 Å². The Morgan fingerprint density at radius 3 is 2.52 bits per heavy atom. The van der Waals surface area contributed by atoms with Crippen molar-refractivity contribution in [3.8, 4) is 5.88 Å². The number of aryl methyl sites for hydroxylation is 2. The van der Waals surface area contributed by atoms with Crippen LogP contribution >= 0.6 is 0 Å².